The maximum atomic E-state index is 13.0. The molecule has 1 atom stereocenters. The summed E-state index contributed by atoms with van der Waals surface area (Å²) in [6, 6.07) is 18.7. The summed E-state index contributed by atoms with van der Waals surface area (Å²) in [5, 5.41) is 13.5. The lowest BCUT2D eigenvalue weighted by atomic mass is 9.91. The molecule has 3 aromatic rings. The number of anilines is 1. The van der Waals surface area contributed by atoms with Crippen LogP contribution in [0.4, 0.5) is 5.69 Å². The van der Waals surface area contributed by atoms with E-state index in [1.807, 2.05) is 0 Å². The van der Waals surface area contributed by atoms with Gasteiger partial charge in [0.1, 0.15) is 0 Å². The largest absolute Gasteiger partial charge is 0.322 e. The Kier molecular flexibility index (Phi) is 7.48. The van der Waals surface area contributed by atoms with Crippen molar-refractivity contribution in [1.29, 1.82) is 5.26 Å². The summed E-state index contributed by atoms with van der Waals surface area (Å²) >= 11 is 12.5. The standard InChI is InChI=1S/C26H23Cl2N3O3S/c1-17-13-22(23(16-29)18-7-9-20(27)10-8-18)24(28)15-25(17)30-26(32)19-5-4-6-21(14-19)35(33,34)31-11-2-3-12-31/h4-10,13-15,23H,2-3,11-12H2,1H3,(H,30,32). The quantitative estimate of drug-likeness (QED) is 0.425. The number of halogens is 2. The monoisotopic (exact) mass is 527 g/mol. The van der Waals surface area contributed by atoms with Gasteiger partial charge < -0.3 is 5.32 Å². The van der Waals surface area contributed by atoms with Crippen LogP contribution in [-0.4, -0.2) is 31.7 Å². The molecule has 3 aromatic carbocycles. The van der Waals surface area contributed by atoms with Crippen LogP contribution in [0.25, 0.3) is 0 Å². The van der Waals surface area contributed by atoms with Crippen molar-refractivity contribution in [3.05, 3.63) is 93.0 Å². The van der Waals surface area contributed by atoms with Gasteiger partial charge in [-0.05, 0) is 72.9 Å². The maximum Gasteiger partial charge on any atom is 0.255 e. The van der Waals surface area contributed by atoms with E-state index in [4.69, 9.17) is 23.2 Å². The minimum Gasteiger partial charge on any atom is -0.322 e. The van der Waals surface area contributed by atoms with Crippen molar-refractivity contribution in [2.75, 3.05) is 18.4 Å². The average molecular weight is 528 g/mol. The molecule has 0 aromatic heterocycles. The topological polar surface area (TPSA) is 90.3 Å². The zero-order chi connectivity index (χ0) is 25.2. The van der Waals surface area contributed by atoms with Gasteiger partial charge in [0.05, 0.1) is 16.9 Å². The summed E-state index contributed by atoms with van der Waals surface area (Å²) in [6.45, 7) is 2.78. The summed E-state index contributed by atoms with van der Waals surface area (Å²) in [4.78, 5) is 13.1. The summed E-state index contributed by atoms with van der Waals surface area (Å²) in [5.74, 6) is -1.05. The molecule has 1 aliphatic heterocycles. The third kappa shape index (κ3) is 5.36. The molecule has 9 heteroatoms. The van der Waals surface area contributed by atoms with Crippen LogP contribution in [-0.2, 0) is 10.0 Å². The van der Waals surface area contributed by atoms with E-state index < -0.39 is 21.8 Å². The lowest BCUT2D eigenvalue weighted by Crippen LogP contribution is -2.28. The van der Waals surface area contributed by atoms with E-state index in [1.54, 1.807) is 55.5 Å². The first-order valence-electron chi connectivity index (χ1n) is 11.1. The number of rotatable bonds is 6. The highest BCUT2D eigenvalue weighted by atomic mass is 35.5. The van der Waals surface area contributed by atoms with E-state index in [0.717, 1.165) is 18.4 Å². The number of benzene rings is 3. The van der Waals surface area contributed by atoms with Crippen LogP contribution in [0.1, 0.15) is 45.8 Å². The van der Waals surface area contributed by atoms with E-state index >= 15 is 0 Å². The molecule has 1 saturated heterocycles. The SMILES string of the molecule is Cc1cc(C(C#N)c2ccc(Cl)cc2)c(Cl)cc1NC(=O)c1cccc(S(=O)(=O)N2CCCC2)c1. The molecule has 1 fully saturated rings. The first-order chi connectivity index (χ1) is 16.7. The highest BCUT2D eigenvalue weighted by Crippen LogP contribution is 2.34. The second-order valence-corrected chi connectivity index (χ2v) is 11.2. The van der Waals surface area contributed by atoms with Crippen molar-refractivity contribution in [1.82, 2.24) is 4.31 Å². The molecule has 1 aliphatic rings. The lowest BCUT2D eigenvalue weighted by Gasteiger charge is -2.17. The van der Waals surface area contributed by atoms with Crippen LogP contribution in [0.5, 0.6) is 0 Å². The lowest BCUT2D eigenvalue weighted by molar-refractivity contribution is 0.102. The Hall–Kier alpha value is -2.89. The number of amides is 1. The summed E-state index contributed by atoms with van der Waals surface area (Å²) < 4.78 is 27.2. The van der Waals surface area contributed by atoms with Crippen molar-refractivity contribution in [3.63, 3.8) is 0 Å². The summed E-state index contributed by atoms with van der Waals surface area (Å²) in [7, 11) is -3.64. The predicted molar refractivity (Wildman–Crippen MR) is 137 cm³/mol. The van der Waals surface area contributed by atoms with Gasteiger partial charge in [-0.3, -0.25) is 4.79 Å². The molecule has 6 nitrogen and oxygen atoms in total. The van der Waals surface area contributed by atoms with Crippen molar-refractivity contribution in [2.45, 2.75) is 30.6 Å². The molecule has 0 aliphatic carbocycles. The third-order valence-electron chi connectivity index (χ3n) is 6.03. The van der Waals surface area contributed by atoms with E-state index in [2.05, 4.69) is 11.4 Å². The smallest absolute Gasteiger partial charge is 0.255 e. The normalized spacial score (nSPS) is 14.9. The molecule has 1 unspecified atom stereocenters. The molecule has 0 saturated carbocycles. The van der Waals surface area contributed by atoms with Gasteiger partial charge in [0.2, 0.25) is 10.0 Å². The van der Waals surface area contributed by atoms with Crippen molar-refractivity contribution >= 4 is 44.8 Å². The minimum absolute atomic E-state index is 0.0944. The van der Waals surface area contributed by atoms with Crippen molar-refractivity contribution in [3.8, 4) is 6.07 Å². The van der Waals surface area contributed by atoms with Crippen LogP contribution in [0.2, 0.25) is 10.0 Å². The molecule has 0 radical (unpaired) electrons. The molecule has 180 valence electrons. The summed E-state index contributed by atoms with van der Waals surface area (Å²) in [6.07, 6.45) is 1.67. The Morgan fingerprint density at radius 3 is 2.40 bits per heavy atom. The fourth-order valence-corrected chi connectivity index (χ4v) is 6.07. The first kappa shape index (κ1) is 25.2. The maximum absolute atomic E-state index is 13.0. The zero-order valence-electron chi connectivity index (χ0n) is 19.0. The van der Waals surface area contributed by atoms with Crippen LogP contribution < -0.4 is 5.32 Å². The van der Waals surface area contributed by atoms with E-state index in [0.29, 0.717) is 39.9 Å². The van der Waals surface area contributed by atoms with Gasteiger partial charge in [-0.2, -0.15) is 9.57 Å². The van der Waals surface area contributed by atoms with Crippen LogP contribution >= 0.6 is 23.2 Å². The second kappa shape index (κ2) is 10.4. The average Bonchev–Trinajstić information content (AvgIpc) is 3.40. The first-order valence-corrected chi connectivity index (χ1v) is 13.3. The molecule has 0 spiro atoms. The number of aryl methyl sites for hydroxylation is 1. The number of nitriles is 1. The van der Waals surface area contributed by atoms with Crippen LogP contribution in [0.3, 0.4) is 0 Å². The molecule has 4 rings (SSSR count). The Morgan fingerprint density at radius 1 is 1.06 bits per heavy atom. The summed E-state index contributed by atoms with van der Waals surface area (Å²) in [5.41, 5.74) is 2.79. The van der Waals surface area contributed by atoms with Gasteiger partial charge in [-0.1, -0.05) is 47.5 Å². The number of hydrogen-bond acceptors (Lipinski definition) is 4. The van der Waals surface area contributed by atoms with Gasteiger partial charge in [-0.15, -0.1) is 0 Å². The van der Waals surface area contributed by atoms with Crippen molar-refractivity contribution in [2.24, 2.45) is 0 Å². The minimum atomic E-state index is -3.64. The van der Waals surface area contributed by atoms with E-state index in [9.17, 15) is 18.5 Å². The van der Waals surface area contributed by atoms with Gasteiger partial charge in [-0.25, -0.2) is 8.42 Å². The highest BCUT2D eigenvalue weighted by molar-refractivity contribution is 7.89. The molecular weight excluding hydrogens is 505 g/mol. The Morgan fingerprint density at radius 2 is 1.74 bits per heavy atom. The molecule has 1 heterocycles. The van der Waals surface area contributed by atoms with Crippen molar-refractivity contribution < 1.29 is 13.2 Å². The Labute approximate surface area is 215 Å². The Bertz CT molecular complexity index is 1410. The van der Waals surface area contributed by atoms with Gasteiger partial charge in [0, 0.05) is 34.4 Å². The second-order valence-electron chi connectivity index (χ2n) is 8.40. The van der Waals surface area contributed by atoms with E-state index in [1.165, 1.54) is 16.4 Å². The predicted octanol–water partition coefficient (Wildman–Crippen LogP) is 5.99. The fourth-order valence-electron chi connectivity index (χ4n) is 4.11. The van der Waals surface area contributed by atoms with Crippen LogP contribution in [0, 0.1) is 18.3 Å². The molecule has 1 N–H and O–H groups in total. The van der Waals surface area contributed by atoms with Gasteiger partial charge in [0.25, 0.3) is 5.91 Å². The number of nitrogens with one attached hydrogen (secondary N) is 1. The number of sulfonamides is 1. The van der Waals surface area contributed by atoms with Gasteiger partial charge >= 0.3 is 0 Å². The van der Waals surface area contributed by atoms with Crippen LogP contribution in [0.15, 0.2) is 65.6 Å². The number of carbonyl (C=O) groups excluding carboxylic acids is 1. The number of carbonyl (C=O) groups is 1. The molecule has 0 bridgehead atoms. The molecule has 35 heavy (non-hydrogen) atoms. The van der Waals surface area contributed by atoms with E-state index in [-0.39, 0.29) is 10.5 Å². The highest BCUT2D eigenvalue weighted by Gasteiger charge is 2.28. The number of hydrogen-bond donors (Lipinski definition) is 1. The Balaban J connectivity index is 1.58. The number of nitrogens with zero attached hydrogens (tertiary/aromatic N) is 2. The third-order valence-corrected chi connectivity index (χ3v) is 8.51. The molecular formula is C26H23Cl2N3O3S. The molecule has 1 amide bonds. The fraction of sp³-hybridized carbons (Fsp3) is 0.231. The zero-order valence-corrected chi connectivity index (χ0v) is 21.3. The van der Waals surface area contributed by atoms with Gasteiger partial charge in [0.15, 0.2) is 0 Å².